The Kier molecular flexibility index (Phi) is 4.21. The van der Waals surface area contributed by atoms with Gasteiger partial charge in [0.1, 0.15) is 17.4 Å². The van der Waals surface area contributed by atoms with Gasteiger partial charge in [-0.15, -0.1) is 0 Å². The summed E-state index contributed by atoms with van der Waals surface area (Å²) in [5.74, 6) is 1.17. The molecule has 0 radical (unpaired) electrons. The van der Waals surface area contributed by atoms with Gasteiger partial charge < -0.3 is 9.32 Å². The Bertz CT molecular complexity index is 730. The van der Waals surface area contributed by atoms with E-state index < -0.39 is 4.92 Å². The standard InChI is InChI=1S/C15H15N5O3/c16-10-12-3-4-17-15(14(12)20(21)22)19-7-5-18(6-8-19)11-13-2-1-9-23-13/h1-4,9H,5-8,11H2. The highest BCUT2D eigenvalue weighted by atomic mass is 16.6. The molecular formula is C15H15N5O3. The largest absolute Gasteiger partial charge is 0.468 e. The normalized spacial score (nSPS) is 15.3. The molecule has 1 aliphatic heterocycles. The van der Waals surface area contributed by atoms with Gasteiger partial charge in [-0.25, -0.2) is 4.98 Å². The third-order valence-electron chi connectivity index (χ3n) is 3.84. The van der Waals surface area contributed by atoms with E-state index >= 15 is 0 Å². The fraction of sp³-hybridized carbons (Fsp3) is 0.333. The Balaban J connectivity index is 1.73. The molecule has 2 aromatic heterocycles. The van der Waals surface area contributed by atoms with Crippen molar-refractivity contribution in [1.82, 2.24) is 9.88 Å². The van der Waals surface area contributed by atoms with Crippen LogP contribution >= 0.6 is 0 Å². The lowest BCUT2D eigenvalue weighted by Gasteiger charge is -2.34. The molecule has 0 amide bonds. The summed E-state index contributed by atoms with van der Waals surface area (Å²) < 4.78 is 5.34. The van der Waals surface area contributed by atoms with Crippen LogP contribution in [-0.4, -0.2) is 41.0 Å². The lowest BCUT2D eigenvalue weighted by atomic mass is 10.2. The maximum Gasteiger partial charge on any atom is 0.329 e. The van der Waals surface area contributed by atoms with Crippen LogP contribution in [0.4, 0.5) is 11.5 Å². The van der Waals surface area contributed by atoms with E-state index in [0.29, 0.717) is 19.6 Å². The van der Waals surface area contributed by atoms with Gasteiger partial charge in [-0.2, -0.15) is 5.26 Å². The lowest BCUT2D eigenvalue weighted by Crippen LogP contribution is -2.46. The molecule has 1 aliphatic rings. The molecule has 0 bridgehead atoms. The van der Waals surface area contributed by atoms with E-state index in [1.54, 1.807) is 6.26 Å². The van der Waals surface area contributed by atoms with Crippen LogP contribution in [-0.2, 0) is 6.54 Å². The maximum atomic E-state index is 11.3. The highest BCUT2D eigenvalue weighted by Gasteiger charge is 2.28. The topological polar surface area (TPSA) is 99.4 Å². The Labute approximate surface area is 132 Å². The second-order valence-corrected chi connectivity index (χ2v) is 5.24. The van der Waals surface area contributed by atoms with Crippen molar-refractivity contribution in [1.29, 1.82) is 5.26 Å². The van der Waals surface area contributed by atoms with Crippen molar-refractivity contribution in [3.8, 4) is 6.07 Å². The molecule has 0 saturated carbocycles. The van der Waals surface area contributed by atoms with Crippen molar-refractivity contribution >= 4 is 11.5 Å². The Hall–Kier alpha value is -2.92. The van der Waals surface area contributed by atoms with E-state index in [9.17, 15) is 10.1 Å². The van der Waals surface area contributed by atoms with E-state index in [1.165, 1.54) is 12.3 Å². The molecule has 0 N–H and O–H groups in total. The highest BCUT2D eigenvalue weighted by Crippen LogP contribution is 2.29. The number of aromatic nitrogens is 1. The summed E-state index contributed by atoms with van der Waals surface area (Å²) in [4.78, 5) is 19.0. The molecule has 0 unspecified atom stereocenters. The van der Waals surface area contributed by atoms with Crippen molar-refractivity contribution in [2.45, 2.75) is 6.54 Å². The van der Waals surface area contributed by atoms with E-state index in [0.717, 1.165) is 18.8 Å². The van der Waals surface area contributed by atoms with Crippen LogP contribution in [0.15, 0.2) is 35.1 Å². The van der Waals surface area contributed by atoms with Crippen molar-refractivity contribution in [2.24, 2.45) is 0 Å². The fourth-order valence-electron chi connectivity index (χ4n) is 2.69. The van der Waals surface area contributed by atoms with E-state index in [-0.39, 0.29) is 17.1 Å². The van der Waals surface area contributed by atoms with Crippen LogP contribution in [0.1, 0.15) is 11.3 Å². The molecule has 8 heteroatoms. The van der Waals surface area contributed by atoms with Crippen molar-refractivity contribution in [3.05, 3.63) is 52.1 Å². The summed E-state index contributed by atoms with van der Waals surface area (Å²) in [5, 5.41) is 20.3. The van der Waals surface area contributed by atoms with Gasteiger partial charge in [0.15, 0.2) is 0 Å². The predicted molar refractivity (Wildman–Crippen MR) is 81.8 cm³/mol. The van der Waals surface area contributed by atoms with Crippen LogP contribution in [0.2, 0.25) is 0 Å². The molecule has 0 aromatic carbocycles. The molecule has 0 spiro atoms. The third kappa shape index (κ3) is 3.14. The summed E-state index contributed by atoms with van der Waals surface area (Å²) in [7, 11) is 0. The number of nitro groups is 1. The summed E-state index contributed by atoms with van der Waals surface area (Å²) in [6.07, 6.45) is 3.09. The zero-order valence-corrected chi connectivity index (χ0v) is 12.4. The molecule has 1 saturated heterocycles. The minimum Gasteiger partial charge on any atom is -0.468 e. The summed E-state index contributed by atoms with van der Waals surface area (Å²) in [6, 6.07) is 7.01. The first-order chi connectivity index (χ1) is 11.2. The molecule has 8 nitrogen and oxygen atoms in total. The smallest absolute Gasteiger partial charge is 0.329 e. The quantitative estimate of drug-likeness (QED) is 0.626. The van der Waals surface area contributed by atoms with Gasteiger partial charge in [0.05, 0.1) is 17.7 Å². The zero-order chi connectivity index (χ0) is 16.2. The first-order valence-corrected chi connectivity index (χ1v) is 7.22. The molecule has 1 fully saturated rings. The number of rotatable bonds is 4. The number of hydrogen-bond acceptors (Lipinski definition) is 7. The number of piperazine rings is 1. The number of nitrogens with zero attached hydrogens (tertiary/aromatic N) is 5. The van der Waals surface area contributed by atoms with Crippen LogP contribution in [0, 0.1) is 21.4 Å². The average molecular weight is 313 g/mol. The predicted octanol–water partition coefficient (Wildman–Crippen LogP) is 1.78. The van der Waals surface area contributed by atoms with E-state index in [2.05, 4.69) is 9.88 Å². The number of furan rings is 1. The second-order valence-electron chi connectivity index (χ2n) is 5.24. The summed E-state index contributed by atoms with van der Waals surface area (Å²) in [5.41, 5.74) is -0.174. The second kappa shape index (κ2) is 6.46. The van der Waals surface area contributed by atoms with Gasteiger partial charge in [0, 0.05) is 32.4 Å². The average Bonchev–Trinajstić information content (AvgIpc) is 3.07. The van der Waals surface area contributed by atoms with Gasteiger partial charge in [0.2, 0.25) is 5.82 Å². The molecule has 3 rings (SSSR count). The summed E-state index contributed by atoms with van der Waals surface area (Å²) >= 11 is 0. The third-order valence-corrected chi connectivity index (χ3v) is 3.84. The molecule has 23 heavy (non-hydrogen) atoms. The molecule has 2 aromatic rings. The fourth-order valence-corrected chi connectivity index (χ4v) is 2.69. The first-order valence-electron chi connectivity index (χ1n) is 7.22. The van der Waals surface area contributed by atoms with Gasteiger partial charge in [-0.05, 0) is 18.2 Å². The number of anilines is 1. The molecule has 0 atom stereocenters. The van der Waals surface area contributed by atoms with Crippen molar-refractivity contribution in [3.63, 3.8) is 0 Å². The Morgan fingerprint density at radius 2 is 2.13 bits per heavy atom. The van der Waals surface area contributed by atoms with Crippen LogP contribution in [0.25, 0.3) is 0 Å². The highest BCUT2D eigenvalue weighted by molar-refractivity contribution is 5.65. The molecule has 3 heterocycles. The SMILES string of the molecule is N#Cc1ccnc(N2CCN(Cc3ccco3)CC2)c1[N+](=O)[O-]. The van der Waals surface area contributed by atoms with Crippen LogP contribution < -0.4 is 4.90 Å². The van der Waals surface area contributed by atoms with Gasteiger partial charge in [-0.1, -0.05) is 0 Å². The van der Waals surface area contributed by atoms with Gasteiger partial charge in [-0.3, -0.25) is 15.0 Å². The molecule has 118 valence electrons. The Morgan fingerprint density at radius 3 is 2.74 bits per heavy atom. The maximum absolute atomic E-state index is 11.3. The minimum atomic E-state index is -0.532. The number of hydrogen-bond donors (Lipinski definition) is 0. The Morgan fingerprint density at radius 1 is 1.35 bits per heavy atom. The van der Waals surface area contributed by atoms with Crippen molar-refractivity contribution < 1.29 is 9.34 Å². The minimum absolute atomic E-state index is 0.0398. The zero-order valence-electron chi connectivity index (χ0n) is 12.4. The monoisotopic (exact) mass is 313 g/mol. The first kappa shape index (κ1) is 15.0. The van der Waals surface area contributed by atoms with Gasteiger partial charge in [0.25, 0.3) is 0 Å². The van der Waals surface area contributed by atoms with E-state index in [4.69, 9.17) is 9.68 Å². The lowest BCUT2D eigenvalue weighted by molar-refractivity contribution is -0.384. The van der Waals surface area contributed by atoms with Crippen molar-refractivity contribution in [2.75, 3.05) is 31.1 Å². The molecule has 0 aliphatic carbocycles. The summed E-state index contributed by atoms with van der Waals surface area (Å²) in [6.45, 7) is 3.44. The molecular weight excluding hydrogens is 298 g/mol. The van der Waals surface area contributed by atoms with Crippen LogP contribution in [0.5, 0.6) is 0 Å². The van der Waals surface area contributed by atoms with E-state index in [1.807, 2.05) is 23.1 Å². The van der Waals surface area contributed by atoms with Gasteiger partial charge >= 0.3 is 5.69 Å². The number of nitriles is 1. The van der Waals surface area contributed by atoms with Crippen LogP contribution in [0.3, 0.4) is 0 Å². The number of pyridine rings is 1.